The molecule has 84 valence electrons. The summed E-state index contributed by atoms with van der Waals surface area (Å²) in [6.45, 7) is 2.08. The summed E-state index contributed by atoms with van der Waals surface area (Å²) in [4.78, 5) is 8.73. The number of hydrogen-bond donors (Lipinski definition) is 0. The Balaban J connectivity index is 2.14. The second-order valence-electron chi connectivity index (χ2n) is 3.95. The van der Waals surface area contributed by atoms with Crippen molar-refractivity contribution in [2.45, 2.75) is 6.92 Å². The first-order valence-electron chi connectivity index (χ1n) is 5.30. The number of halogens is 1. The molecular weight excluding hydrogens is 278 g/mol. The van der Waals surface area contributed by atoms with E-state index in [0.717, 1.165) is 21.5 Å². The minimum atomic E-state index is 0.891. The molecule has 3 aromatic rings. The van der Waals surface area contributed by atoms with Gasteiger partial charge < -0.3 is 0 Å². The highest BCUT2D eigenvalue weighted by Gasteiger charge is 2.04. The average molecular weight is 288 g/mol. The molecule has 1 aromatic carbocycles. The Labute approximate surface area is 107 Å². The first-order chi connectivity index (χ1) is 8.24. The fourth-order valence-electron chi connectivity index (χ4n) is 1.74. The number of aryl methyl sites for hydroxylation is 1. The topological polar surface area (TPSA) is 30.2 Å². The van der Waals surface area contributed by atoms with Crippen molar-refractivity contribution in [3.05, 3.63) is 53.0 Å². The van der Waals surface area contributed by atoms with Crippen LogP contribution in [0.25, 0.3) is 16.9 Å². The molecule has 3 rings (SSSR count). The third-order valence-electron chi connectivity index (χ3n) is 2.71. The first kappa shape index (κ1) is 10.5. The molecule has 0 atom stereocenters. The molecule has 0 aliphatic rings. The van der Waals surface area contributed by atoms with Crippen LogP contribution in [0.15, 0.2) is 47.5 Å². The average Bonchev–Trinajstić information content (AvgIpc) is 2.72. The van der Waals surface area contributed by atoms with Crippen molar-refractivity contribution in [2.24, 2.45) is 0 Å². The smallest absolute Gasteiger partial charge is 0.140 e. The Morgan fingerprint density at radius 1 is 1.12 bits per heavy atom. The molecule has 0 aliphatic carbocycles. The summed E-state index contributed by atoms with van der Waals surface area (Å²) in [5.74, 6) is 0. The maximum Gasteiger partial charge on any atom is 0.140 e. The molecule has 17 heavy (non-hydrogen) atoms. The van der Waals surface area contributed by atoms with E-state index in [1.54, 1.807) is 12.5 Å². The zero-order valence-electron chi connectivity index (χ0n) is 9.26. The zero-order chi connectivity index (χ0) is 11.8. The predicted molar refractivity (Wildman–Crippen MR) is 70.9 cm³/mol. The summed E-state index contributed by atoms with van der Waals surface area (Å²) in [6.07, 6.45) is 3.55. The van der Waals surface area contributed by atoms with E-state index in [9.17, 15) is 0 Å². The number of nitrogens with zero attached hydrogens (tertiary/aromatic N) is 3. The van der Waals surface area contributed by atoms with E-state index in [0.29, 0.717) is 0 Å². The van der Waals surface area contributed by atoms with Crippen LogP contribution in [-0.2, 0) is 0 Å². The van der Waals surface area contributed by atoms with Gasteiger partial charge in [-0.15, -0.1) is 0 Å². The van der Waals surface area contributed by atoms with Crippen molar-refractivity contribution < 1.29 is 0 Å². The van der Waals surface area contributed by atoms with E-state index in [4.69, 9.17) is 0 Å². The molecule has 0 saturated carbocycles. The fourth-order valence-corrected chi connectivity index (χ4v) is 2.11. The van der Waals surface area contributed by atoms with E-state index < -0.39 is 0 Å². The van der Waals surface area contributed by atoms with Crippen LogP contribution < -0.4 is 0 Å². The summed E-state index contributed by atoms with van der Waals surface area (Å²) in [7, 11) is 0. The maximum atomic E-state index is 4.43. The fraction of sp³-hybridized carbons (Fsp3) is 0.0769. The quantitative estimate of drug-likeness (QED) is 0.686. The van der Waals surface area contributed by atoms with Gasteiger partial charge in [0.25, 0.3) is 0 Å². The lowest BCUT2D eigenvalue weighted by atomic mass is 10.1. The molecule has 0 spiro atoms. The van der Waals surface area contributed by atoms with Crippen molar-refractivity contribution in [2.75, 3.05) is 0 Å². The Morgan fingerprint density at radius 2 is 1.88 bits per heavy atom. The van der Waals surface area contributed by atoms with Gasteiger partial charge in [-0.25, -0.2) is 9.97 Å². The van der Waals surface area contributed by atoms with Crippen molar-refractivity contribution in [1.29, 1.82) is 0 Å². The van der Waals surface area contributed by atoms with Gasteiger partial charge in [0.05, 0.1) is 11.9 Å². The number of fused-ring (bicyclic) bond motifs is 1. The molecule has 0 radical (unpaired) electrons. The van der Waals surface area contributed by atoms with Gasteiger partial charge in [-0.1, -0.05) is 29.8 Å². The SMILES string of the molecule is Cc1ccc(-c2cc3ncc(Br)n3cn2)cc1. The van der Waals surface area contributed by atoms with Crippen LogP contribution in [0.5, 0.6) is 0 Å². The molecule has 4 heteroatoms. The van der Waals surface area contributed by atoms with Gasteiger partial charge in [0, 0.05) is 11.6 Å². The Hall–Kier alpha value is -1.68. The molecule has 3 nitrogen and oxygen atoms in total. The highest BCUT2D eigenvalue weighted by atomic mass is 79.9. The normalized spacial score (nSPS) is 10.9. The molecule has 0 N–H and O–H groups in total. The second kappa shape index (κ2) is 3.96. The third-order valence-corrected chi connectivity index (χ3v) is 3.29. The number of imidazole rings is 1. The van der Waals surface area contributed by atoms with Gasteiger partial charge in [-0.2, -0.15) is 0 Å². The molecule has 0 bridgehead atoms. The van der Waals surface area contributed by atoms with Gasteiger partial charge in [0.15, 0.2) is 0 Å². The van der Waals surface area contributed by atoms with E-state index in [-0.39, 0.29) is 0 Å². The standard InChI is InChI=1S/C13H10BrN3/c1-9-2-4-10(5-3-9)11-6-13-15-7-12(14)17(13)8-16-11/h2-8H,1H3. The van der Waals surface area contributed by atoms with Crippen LogP contribution in [0.3, 0.4) is 0 Å². The number of aromatic nitrogens is 3. The third kappa shape index (κ3) is 1.85. The number of hydrogen-bond acceptors (Lipinski definition) is 2. The molecule has 0 amide bonds. The van der Waals surface area contributed by atoms with Gasteiger partial charge in [-0.05, 0) is 22.9 Å². The first-order valence-corrected chi connectivity index (χ1v) is 6.09. The summed E-state index contributed by atoms with van der Waals surface area (Å²) in [5.41, 5.74) is 4.19. The van der Waals surface area contributed by atoms with E-state index in [2.05, 4.69) is 57.1 Å². The summed E-state index contributed by atoms with van der Waals surface area (Å²) < 4.78 is 2.81. The summed E-state index contributed by atoms with van der Waals surface area (Å²) in [5, 5.41) is 0. The largest absolute Gasteiger partial charge is 0.277 e. The van der Waals surface area contributed by atoms with Crippen molar-refractivity contribution >= 4 is 21.6 Å². The minimum Gasteiger partial charge on any atom is -0.277 e. The second-order valence-corrected chi connectivity index (χ2v) is 4.76. The number of rotatable bonds is 1. The van der Waals surface area contributed by atoms with Crippen LogP contribution in [0.1, 0.15) is 5.56 Å². The Kier molecular flexibility index (Phi) is 2.44. The van der Waals surface area contributed by atoms with Crippen LogP contribution >= 0.6 is 15.9 Å². The van der Waals surface area contributed by atoms with E-state index in [1.165, 1.54) is 5.56 Å². The lowest BCUT2D eigenvalue weighted by Crippen LogP contribution is -1.90. The van der Waals surface area contributed by atoms with Crippen molar-refractivity contribution in [3.8, 4) is 11.3 Å². The number of benzene rings is 1. The van der Waals surface area contributed by atoms with Gasteiger partial charge in [-0.3, -0.25) is 4.40 Å². The van der Waals surface area contributed by atoms with Gasteiger partial charge in [0.2, 0.25) is 0 Å². The lowest BCUT2D eigenvalue weighted by Gasteiger charge is -2.02. The highest BCUT2D eigenvalue weighted by Crippen LogP contribution is 2.20. The van der Waals surface area contributed by atoms with Crippen LogP contribution in [0, 0.1) is 6.92 Å². The molecule has 0 fully saturated rings. The maximum absolute atomic E-state index is 4.43. The van der Waals surface area contributed by atoms with Crippen LogP contribution in [0.2, 0.25) is 0 Å². The van der Waals surface area contributed by atoms with Gasteiger partial charge in [0.1, 0.15) is 16.6 Å². The van der Waals surface area contributed by atoms with Crippen LogP contribution in [-0.4, -0.2) is 14.4 Å². The molecular formula is C13H10BrN3. The Morgan fingerprint density at radius 3 is 2.65 bits per heavy atom. The van der Waals surface area contributed by atoms with Gasteiger partial charge >= 0.3 is 0 Å². The zero-order valence-corrected chi connectivity index (χ0v) is 10.8. The molecule has 0 aliphatic heterocycles. The van der Waals surface area contributed by atoms with E-state index in [1.807, 2.05) is 10.5 Å². The molecule has 0 unspecified atom stereocenters. The highest BCUT2D eigenvalue weighted by molar-refractivity contribution is 9.10. The monoisotopic (exact) mass is 287 g/mol. The molecule has 2 heterocycles. The molecule has 2 aromatic heterocycles. The Bertz CT molecular complexity index is 671. The van der Waals surface area contributed by atoms with Crippen molar-refractivity contribution in [3.63, 3.8) is 0 Å². The summed E-state index contributed by atoms with van der Waals surface area (Å²) in [6, 6.07) is 10.3. The van der Waals surface area contributed by atoms with Crippen LogP contribution in [0.4, 0.5) is 0 Å². The lowest BCUT2D eigenvalue weighted by molar-refractivity contribution is 1.07. The summed E-state index contributed by atoms with van der Waals surface area (Å²) >= 11 is 3.42. The minimum absolute atomic E-state index is 0.891. The van der Waals surface area contributed by atoms with Crippen molar-refractivity contribution in [1.82, 2.24) is 14.4 Å². The molecule has 0 saturated heterocycles. The van der Waals surface area contributed by atoms with E-state index >= 15 is 0 Å². The predicted octanol–water partition coefficient (Wildman–Crippen LogP) is 3.47.